The summed E-state index contributed by atoms with van der Waals surface area (Å²) >= 11 is 0. The smallest absolute Gasteiger partial charge is 0.331 e. The zero-order chi connectivity index (χ0) is 22.2. The van der Waals surface area contributed by atoms with Crippen molar-refractivity contribution in [2.45, 2.75) is 72.3 Å². The molecule has 0 bridgehead atoms. The second kappa shape index (κ2) is 8.70. The van der Waals surface area contributed by atoms with Crippen molar-refractivity contribution >= 4 is 11.9 Å². The fourth-order valence-electron chi connectivity index (χ4n) is 6.18. The molecule has 1 saturated carbocycles. The highest BCUT2D eigenvalue weighted by Crippen LogP contribution is 2.57. The lowest BCUT2D eigenvalue weighted by atomic mass is 9.63. The van der Waals surface area contributed by atoms with Gasteiger partial charge in [0.2, 0.25) is 0 Å². The summed E-state index contributed by atoms with van der Waals surface area (Å²) in [4.78, 5) is 23.0. The highest BCUT2D eigenvalue weighted by Gasteiger charge is 2.49. The topological polar surface area (TPSA) is 94.8 Å². The third kappa shape index (κ3) is 4.27. The van der Waals surface area contributed by atoms with Crippen molar-refractivity contribution in [2.24, 2.45) is 35.0 Å². The average Bonchev–Trinajstić information content (AvgIpc) is 3.18. The lowest BCUT2D eigenvalue weighted by Crippen LogP contribution is -2.35. The minimum absolute atomic E-state index is 0.0815. The van der Waals surface area contributed by atoms with Gasteiger partial charge in [-0.1, -0.05) is 44.6 Å². The van der Waals surface area contributed by atoms with Crippen molar-refractivity contribution < 1.29 is 24.9 Å². The summed E-state index contributed by atoms with van der Waals surface area (Å²) in [7, 11) is 0. The van der Waals surface area contributed by atoms with Gasteiger partial charge in [-0.2, -0.15) is 0 Å². The van der Waals surface area contributed by atoms with Crippen LogP contribution in [0.15, 0.2) is 34.9 Å². The Morgan fingerprint density at radius 1 is 1.27 bits per heavy atom. The Balaban J connectivity index is 1.84. The van der Waals surface area contributed by atoms with E-state index in [0.717, 1.165) is 25.7 Å². The van der Waals surface area contributed by atoms with Crippen molar-refractivity contribution in [1.29, 1.82) is 0 Å². The first-order valence-corrected chi connectivity index (χ1v) is 11.3. The normalized spacial score (nSPS) is 37.7. The lowest BCUT2D eigenvalue weighted by molar-refractivity contribution is -0.134. The summed E-state index contributed by atoms with van der Waals surface area (Å²) in [5.41, 5.74) is 2.12. The molecule has 0 heterocycles. The third-order valence-electron chi connectivity index (χ3n) is 8.26. The van der Waals surface area contributed by atoms with E-state index in [-0.39, 0.29) is 28.7 Å². The molecule has 3 aliphatic carbocycles. The van der Waals surface area contributed by atoms with E-state index in [9.17, 15) is 19.8 Å². The van der Waals surface area contributed by atoms with E-state index >= 15 is 0 Å². The summed E-state index contributed by atoms with van der Waals surface area (Å²) < 4.78 is 0. The highest BCUT2D eigenvalue weighted by molar-refractivity contribution is 5.87. The van der Waals surface area contributed by atoms with Gasteiger partial charge in [-0.15, -0.1) is 0 Å². The van der Waals surface area contributed by atoms with Gasteiger partial charge in [0.05, 0.1) is 6.10 Å². The van der Waals surface area contributed by atoms with Gasteiger partial charge in [-0.05, 0) is 74.5 Å². The first-order valence-electron chi connectivity index (χ1n) is 11.3. The molecule has 0 unspecified atom stereocenters. The van der Waals surface area contributed by atoms with E-state index in [4.69, 9.17) is 5.11 Å². The Labute approximate surface area is 179 Å². The number of allylic oxidation sites excluding steroid dienone is 2. The van der Waals surface area contributed by atoms with Crippen LogP contribution in [-0.4, -0.2) is 33.4 Å². The maximum absolute atomic E-state index is 12.0. The van der Waals surface area contributed by atoms with E-state index in [0.29, 0.717) is 30.3 Å². The number of aliphatic carboxylic acids is 2. The van der Waals surface area contributed by atoms with E-state index in [2.05, 4.69) is 19.9 Å². The third-order valence-corrected chi connectivity index (χ3v) is 8.26. The molecule has 0 aromatic carbocycles. The number of hydrogen-bond acceptors (Lipinski definition) is 3. The number of hydrogen-bond donors (Lipinski definition) is 3. The van der Waals surface area contributed by atoms with Crippen LogP contribution >= 0.6 is 0 Å². The molecule has 3 aliphatic rings. The molecule has 0 aromatic rings. The first-order chi connectivity index (χ1) is 14.0. The second-order valence-electron chi connectivity index (χ2n) is 10.1. The molecule has 1 fully saturated rings. The summed E-state index contributed by atoms with van der Waals surface area (Å²) in [5.74, 6) is -0.532. The molecular formula is C25H36O5. The summed E-state index contributed by atoms with van der Waals surface area (Å²) in [5, 5.41) is 29.6. The van der Waals surface area contributed by atoms with Crippen molar-refractivity contribution in [3.63, 3.8) is 0 Å². The molecule has 0 aliphatic heterocycles. The van der Waals surface area contributed by atoms with Crippen molar-refractivity contribution in [3.8, 4) is 0 Å². The molecule has 5 heteroatoms. The second-order valence-corrected chi connectivity index (χ2v) is 10.1. The van der Waals surface area contributed by atoms with Crippen molar-refractivity contribution in [3.05, 3.63) is 34.9 Å². The number of carboxylic acids is 2. The van der Waals surface area contributed by atoms with Crippen LogP contribution in [-0.2, 0) is 9.59 Å². The van der Waals surface area contributed by atoms with Gasteiger partial charge >= 0.3 is 11.9 Å². The van der Waals surface area contributed by atoms with Crippen LogP contribution in [0.1, 0.15) is 66.2 Å². The van der Waals surface area contributed by atoms with E-state index in [1.807, 2.05) is 13.0 Å². The molecule has 0 aromatic heterocycles. The number of carboxylic acid groups (broad SMARTS) is 2. The van der Waals surface area contributed by atoms with Gasteiger partial charge in [-0.25, -0.2) is 9.59 Å². The molecule has 3 N–H and O–H groups in total. The molecular weight excluding hydrogens is 380 g/mol. The Morgan fingerprint density at radius 3 is 2.60 bits per heavy atom. The highest BCUT2D eigenvalue weighted by atomic mass is 16.4. The minimum atomic E-state index is -0.964. The van der Waals surface area contributed by atoms with Gasteiger partial charge in [0.25, 0.3) is 0 Å². The zero-order valence-corrected chi connectivity index (χ0v) is 18.6. The van der Waals surface area contributed by atoms with E-state index < -0.39 is 18.0 Å². The van der Waals surface area contributed by atoms with Crippen molar-refractivity contribution in [1.82, 2.24) is 0 Å². The summed E-state index contributed by atoms with van der Waals surface area (Å²) in [6.45, 7) is 8.14. The SMILES string of the molecule is C/C(=C\C[C@@H](O)[C@H](C)C1=CC[C@@]2(C)C[C@@H]3[C@H](C)CC[C@@H]3/C(C(=O)O)=C\C[C@H]12)C(=O)O. The molecule has 0 amide bonds. The fourth-order valence-corrected chi connectivity index (χ4v) is 6.18. The molecule has 30 heavy (non-hydrogen) atoms. The van der Waals surface area contributed by atoms with Gasteiger partial charge in [-0.3, -0.25) is 0 Å². The predicted molar refractivity (Wildman–Crippen MR) is 116 cm³/mol. The molecule has 3 rings (SSSR count). The summed E-state index contributed by atoms with van der Waals surface area (Å²) in [6, 6.07) is 0. The average molecular weight is 417 g/mol. The van der Waals surface area contributed by atoms with Crippen LogP contribution in [0.4, 0.5) is 0 Å². The fraction of sp³-hybridized carbons (Fsp3) is 0.680. The first kappa shape index (κ1) is 22.8. The number of aliphatic hydroxyl groups is 1. The summed E-state index contributed by atoms with van der Waals surface area (Å²) in [6.07, 6.45) is 10.2. The Kier molecular flexibility index (Phi) is 6.61. The molecule has 7 atom stereocenters. The molecule has 0 spiro atoms. The van der Waals surface area contributed by atoms with Gasteiger partial charge in [0.15, 0.2) is 0 Å². The molecule has 5 nitrogen and oxygen atoms in total. The molecule has 0 saturated heterocycles. The van der Waals surface area contributed by atoms with Crippen LogP contribution in [0.25, 0.3) is 0 Å². The number of aliphatic hydroxyl groups excluding tert-OH is 1. The Morgan fingerprint density at radius 2 is 1.97 bits per heavy atom. The standard InChI is InChI=1S/C25H36O5/c1-14-5-7-18-19(24(29)30)8-9-21-17(11-12-25(21,4)13-20(14)18)16(3)22(26)10-6-15(2)23(27)28/h6,8,11,14,16,18,20-22,26H,5,7,9-10,12-13H2,1-4H3,(H,27,28)(H,29,30)/b15-6+,19-8+/t14-,16-,18-,20-,21-,22-,25+/m1/s1. The van der Waals surface area contributed by atoms with Crippen LogP contribution in [0.3, 0.4) is 0 Å². The van der Waals surface area contributed by atoms with E-state index in [1.165, 1.54) is 12.5 Å². The number of rotatable bonds is 6. The van der Waals surface area contributed by atoms with Crippen LogP contribution in [0, 0.1) is 35.0 Å². The number of fused-ring (bicyclic) bond motifs is 2. The Bertz CT molecular complexity index is 791. The monoisotopic (exact) mass is 416 g/mol. The Hall–Kier alpha value is -1.88. The van der Waals surface area contributed by atoms with Gasteiger partial charge in [0, 0.05) is 17.1 Å². The van der Waals surface area contributed by atoms with Gasteiger partial charge < -0.3 is 15.3 Å². The van der Waals surface area contributed by atoms with E-state index in [1.54, 1.807) is 6.08 Å². The van der Waals surface area contributed by atoms with Crippen LogP contribution in [0.2, 0.25) is 0 Å². The lowest BCUT2D eigenvalue weighted by Gasteiger charge is -2.41. The predicted octanol–water partition coefficient (Wildman–Crippen LogP) is 4.82. The minimum Gasteiger partial charge on any atom is -0.478 e. The maximum Gasteiger partial charge on any atom is 0.331 e. The quantitative estimate of drug-likeness (QED) is 0.426. The molecule has 166 valence electrons. The van der Waals surface area contributed by atoms with Crippen LogP contribution in [0.5, 0.6) is 0 Å². The largest absolute Gasteiger partial charge is 0.478 e. The maximum atomic E-state index is 12.0. The van der Waals surface area contributed by atoms with Crippen molar-refractivity contribution in [2.75, 3.05) is 0 Å². The number of carbonyl (C=O) groups is 2. The van der Waals surface area contributed by atoms with Crippen LogP contribution < -0.4 is 0 Å². The molecule has 0 radical (unpaired) electrons. The zero-order valence-electron chi connectivity index (χ0n) is 18.6. The van der Waals surface area contributed by atoms with Gasteiger partial charge in [0.1, 0.15) is 0 Å².